The van der Waals surface area contributed by atoms with Gasteiger partial charge in [-0.15, -0.1) is 0 Å². The molecule has 4 aromatic rings. The summed E-state index contributed by atoms with van der Waals surface area (Å²) < 4.78 is 20.3. The van der Waals surface area contributed by atoms with Crippen LogP contribution in [0.25, 0.3) is 11.1 Å². The van der Waals surface area contributed by atoms with E-state index in [9.17, 15) is 14.0 Å². The van der Waals surface area contributed by atoms with Gasteiger partial charge in [0, 0.05) is 36.8 Å². The highest BCUT2D eigenvalue weighted by atomic mass is 35.5. The normalized spacial score (nSPS) is 10.8. The second kappa shape index (κ2) is 9.17. The Hall–Kier alpha value is -4.11. The number of Topliss-reactive ketones (excluding diaryl/α,β-unsaturated/α-hetero) is 1. The molecule has 33 heavy (non-hydrogen) atoms. The number of ether oxygens (including phenoxy) is 1. The molecular weight excluding hydrogens is 449 g/mol. The smallest absolute Gasteiger partial charge is 0.218 e. The van der Waals surface area contributed by atoms with Gasteiger partial charge in [0.15, 0.2) is 17.2 Å². The van der Waals surface area contributed by atoms with E-state index in [4.69, 9.17) is 22.1 Å². The number of hydrogen-bond acceptors (Lipinski definition) is 7. The zero-order valence-corrected chi connectivity index (χ0v) is 18.1. The minimum Gasteiger partial charge on any atom is -0.454 e. The lowest BCUT2D eigenvalue weighted by molar-refractivity contribution is 0.0984. The number of carbonyl (C=O) groups is 1. The molecule has 2 N–H and O–H groups in total. The van der Waals surface area contributed by atoms with Crippen molar-refractivity contribution in [2.45, 2.75) is 6.42 Å². The van der Waals surface area contributed by atoms with Gasteiger partial charge in [-0.1, -0.05) is 23.7 Å². The first kappa shape index (κ1) is 22.1. The number of anilines is 1. The number of nitrogens with zero attached hydrogens (tertiary/aromatic N) is 4. The summed E-state index contributed by atoms with van der Waals surface area (Å²) in [4.78, 5) is 33.8. The summed E-state index contributed by atoms with van der Waals surface area (Å²) in [7, 11) is 1.60. The highest BCUT2D eigenvalue weighted by Gasteiger charge is 2.18. The molecule has 0 spiro atoms. The standard InChI is InChI=1S/C23H17ClFN5O3/c1-30-12-17(13-2-4-14(25)5-3-13)22(32)21(29-30)18(31)10-15-6-7-16(11-28-15)33-19-8-9-27-23(26)20(19)24/h2-9,11-12H,10H2,1H3,(H2,26,27). The molecule has 0 amide bonds. The molecule has 3 aromatic heterocycles. The van der Waals surface area contributed by atoms with Crippen LogP contribution in [0.3, 0.4) is 0 Å². The quantitative estimate of drug-likeness (QED) is 0.430. The van der Waals surface area contributed by atoms with Gasteiger partial charge in [-0.2, -0.15) is 5.10 Å². The number of aryl methyl sites for hydroxylation is 1. The van der Waals surface area contributed by atoms with Crippen molar-refractivity contribution in [3.63, 3.8) is 0 Å². The number of ketones is 1. The lowest BCUT2D eigenvalue weighted by Gasteiger charge is -2.09. The molecule has 0 radical (unpaired) electrons. The molecule has 0 saturated heterocycles. The number of pyridine rings is 2. The summed E-state index contributed by atoms with van der Waals surface area (Å²) in [5.41, 5.74) is 6.07. The van der Waals surface area contributed by atoms with Crippen molar-refractivity contribution in [2.75, 3.05) is 5.73 Å². The van der Waals surface area contributed by atoms with Crippen LogP contribution in [0.2, 0.25) is 5.02 Å². The Bertz CT molecular complexity index is 1390. The van der Waals surface area contributed by atoms with Gasteiger partial charge in [0.05, 0.1) is 12.6 Å². The Kier molecular flexibility index (Phi) is 6.14. The van der Waals surface area contributed by atoms with E-state index in [1.807, 2.05) is 0 Å². The first-order valence-corrected chi connectivity index (χ1v) is 10.1. The summed E-state index contributed by atoms with van der Waals surface area (Å²) in [6.45, 7) is 0. The van der Waals surface area contributed by atoms with Crippen LogP contribution in [0.5, 0.6) is 11.5 Å². The SMILES string of the molecule is Cn1cc(-c2ccc(F)cc2)c(=O)c(C(=O)Cc2ccc(Oc3ccnc(N)c3Cl)cn2)n1. The number of halogens is 2. The number of benzene rings is 1. The van der Waals surface area contributed by atoms with Crippen molar-refractivity contribution >= 4 is 23.2 Å². The molecular formula is C23H17ClFN5O3. The Labute approximate surface area is 192 Å². The highest BCUT2D eigenvalue weighted by molar-refractivity contribution is 6.34. The van der Waals surface area contributed by atoms with Crippen molar-refractivity contribution in [2.24, 2.45) is 7.05 Å². The van der Waals surface area contributed by atoms with Crippen LogP contribution in [-0.2, 0) is 13.5 Å². The van der Waals surface area contributed by atoms with E-state index < -0.39 is 17.0 Å². The van der Waals surface area contributed by atoms with Gasteiger partial charge >= 0.3 is 0 Å². The molecule has 0 aliphatic heterocycles. The number of carbonyl (C=O) groups excluding carboxylic acids is 1. The molecule has 166 valence electrons. The fourth-order valence-corrected chi connectivity index (χ4v) is 3.24. The Morgan fingerprint density at radius 1 is 1.15 bits per heavy atom. The maximum Gasteiger partial charge on any atom is 0.218 e. The molecule has 0 bridgehead atoms. The van der Waals surface area contributed by atoms with Crippen LogP contribution in [0.4, 0.5) is 10.2 Å². The third-order valence-electron chi connectivity index (χ3n) is 4.70. The third kappa shape index (κ3) is 4.88. The van der Waals surface area contributed by atoms with E-state index in [1.165, 1.54) is 47.5 Å². The van der Waals surface area contributed by atoms with Gasteiger partial charge in [-0.25, -0.2) is 9.37 Å². The molecule has 1 aromatic carbocycles. The monoisotopic (exact) mass is 465 g/mol. The number of hydrogen-bond donors (Lipinski definition) is 1. The number of nitrogens with two attached hydrogens (primary N) is 1. The van der Waals surface area contributed by atoms with Crippen LogP contribution in [0.1, 0.15) is 16.2 Å². The largest absolute Gasteiger partial charge is 0.454 e. The van der Waals surface area contributed by atoms with Gasteiger partial charge < -0.3 is 10.5 Å². The second-order valence-corrected chi connectivity index (χ2v) is 7.47. The van der Waals surface area contributed by atoms with Gasteiger partial charge in [0.1, 0.15) is 22.4 Å². The minimum atomic E-state index is -0.533. The molecule has 8 nitrogen and oxygen atoms in total. The Balaban J connectivity index is 1.54. The average molecular weight is 466 g/mol. The predicted octanol–water partition coefficient (Wildman–Crippen LogP) is 3.83. The zero-order chi connectivity index (χ0) is 23.5. The van der Waals surface area contributed by atoms with Gasteiger partial charge in [-0.05, 0) is 29.8 Å². The zero-order valence-electron chi connectivity index (χ0n) is 17.3. The molecule has 0 unspecified atom stereocenters. The Morgan fingerprint density at radius 3 is 2.61 bits per heavy atom. The van der Waals surface area contributed by atoms with Gasteiger partial charge in [-0.3, -0.25) is 19.3 Å². The maximum atomic E-state index is 13.2. The van der Waals surface area contributed by atoms with E-state index in [1.54, 1.807) is 25.2 Å². The number of rotatable bonds is 6. The van der Waals surface area contributed by atoms with E-state index >= 15 is 0 Å². The van der Waals surface area contributed by atoms with E-state index in [0.29, 0.717) is 22.8 Å². The van der Waals surface area contributed by atoms with E-state index in [2.05, 4.69) is 15.1 Å². The first-order chi connectivity index (χ1) is 15.8. The summed E-state index contributed by atoms with van der Waals surface area (Å²) in [6, 6.07) is 10.2. The van der Waals surface area contributed by atoms with Crippen molar-refractivity contribution in [3.05, 3.63) is 93.5 Å². The number of aromatic nitrogens is 4. The van der Waals surface area contributed by atoms with Crippen LogP contribution in [0.15, 0.2) is 65.8 Å². The second-order valence-electron chi connectivity index (χ2n) is 7.10. The van der Waals surface area contributed by atoms with Crippen molar-refractivity contribution in [1.82, 2.24) is 19.7 Å². The van der Waals surface area contributed by atoms with Crippen molar-refractivity contribution in [3.8, 4) is 22.6 Å². The lowest BCUT2D eigenvalue weighted by Crippen LogP contribution is -2.24. The molecule has 3 heterocycles. The summed E-state index contributed by atoms with van der Waals surface area (Å²) in [5, 5.41) is 4.24. The fraction of sp³-hybridized carbons (Fsp3) is 0.0870. The van der Waals surface area contributed by atoms with Gasteiger partial charge in [0.2, 0.25) is 5.43 Å². The maximum absolute atomic E-state index is 13.2. The summed E-state index contributed by atoms with van der Waals surface area (Å²) in [6.07, 6.45) is 4.24. The van der Waals surface area contributed by atoms with E-state index in [0.717, 1.165) is 0 Å². The first-order valence-electron chi connectivity index (χ1n) is 9.71. The lowest BCUT2D eigenvalue weighted by atomic mass is 10.0. The number of nitrogen functional groups attached to an aromatic ring is 1. The van der Waals surface area contributed by atoms with Gasteiger partial charge in [0.25, 0.3) is 0 Å². The van der Waals surface area contributed by atoms with Crippen LogP contribution < -0.4 is 15.9 Å². The molecule has 0 saturated carbocycles. The predicted molar refractivity (Wildman–Crippen MR) is 121 cm³/mol. The third-order valence-corrected chi connectivity index (χ3v) is 5.08. The average Bonchev–Trinajstić information content (AvgIpc) is 2.80. The molecule has 0 fully saturated rings. The molecule has 0 aliphatic rings. The molecule has 4 rings (SSSR count). The summed E-state index contributed by atoms with van der Waals surface area (Å²) in [5.74, 6) is -0.0767. The minimum absolute atomic E-state index is 0.140. The summed E-state index contributed by atoms with van der Waals surface area (Å²) >= 11 is 6.07. The van der Waals surface area contributed by atoms with Crippen LogP contribution in [-0.4, -0.2) is 25.5 Å². The molecule has 0 aliphatic carbocycles. The van der Waals surface area contributed by atoms with Crippen LogP contribution >= 0.6 is 11.6 Å². The fourth-order valence-electron chi connectivity index (χ4n) is 3.09. The molecule has 0 atom stereocenters. The Morgan fingerprint density at radius 2 is 1.91 bits per heavy atom. The highest BCUT2D eigenvalue weighted by Crippen LogP contribution is 2.31. The topological polar surface area (TPSA) is 113 Å². The molecule has 10 heteroatoms. The van der Waals surface area contributed by atoms with Crippen LogP contribution in [0, 0.1) is 5.82 Å². The van der Waals surface area contributed by atoms with Crippen molar-refractivity contribution in [1.29, 1.82) is 0 Å². The van der Waals surface area contributed by atoms with E-state index in [-0.39, 0.29) is 28.5 Å². The van der Waals surface area contributed by atoms with Crippen molar-refractivity contribution < 1.29 is 13.9 Å².